The second kappa shape index (κ2) is 14.7. The first-order valence-corrected chi connectivity index (χ1v) is 14.3. The van der Waals surface area contributed by atoms with Gasteiger partial charge in [-0.05, 0) is 19.3 Å². The van der Waals surface area contributed by atoms with E-state index in [1.807, 2.05) is 0 Å². The SMILES string of the molecule is NCC1OC(OC2C(CO)OC(OC3C(O)C(N)CC(N)C3OC3OC(C(N)C(F)F)CCC3N)C2O)C(N)C(O)C1O. The van der Waals surface area contributed by atoms with E-state index in [0.29, 0.717) is 0 Å². The van der Waals surface area contributed by atoms with Gasteiger partial charge in [-0.15, -0.1) is 0 Å². The number of rotatable bonds is 10. The summed E-state index contributed by atoms with van der Waals surface area (Å²) in [6, 6.07) is -5.30. The molecule has 0 amide bonds. The molecular weight excluding hydrogens is 586 g/mol. The Labute approximate surface area is 246 Å². The number of aliphatic hydroxyl groups is 5. The molecule has 0 bridgehead atoms. The number of ether oxygens (including phenoxy) is 6. The topological polar surface area (TPSA) is 313 Å². The molecule has 0 radical (unpaired) electrons. The summed E-state index contributed by atoms with van der Waals surface area (Å²) in [6.07, 6.45) is -19.4. The molecule has 17 nitrogen and oxygen atoms in total. The van der Waals surface area contributed by atoms with Gasteiger partial charge in [0.25, 0.3) is 6.43 Å². The first kappa shape index (κ1) is 35.0. The third-order valence-corrected chi connectivity index (χ3v) is 8.55. The molecule has 43 heavy (non-hydrogen) atoms. The minimum atomic E-state index is -2.84. The van der Waals surface area contributed by atoms with Gasteiger partial charge in [-0.1, -0.05) is 0 Å². The zero-order chi connectivity index (χ0) is 31.7. The van der Waals surface area contributed by atoms with Crippen LogP contribution in [0.25, 0.3) is 0 Å². The Morgan fingerprint density at radius 2 is 1.33 bits per heavy atom. The van der Waals surface area contributed by atoms with Crippen LogP contribution in [0.3, 0.4) is 0 Å². The fourth-order valence-electron chi connectivity index (χ4n) is 5.89. The second-order valence-electron chi connectivity index (χ2n) is 11.6. The van der Waals surface area contributed by atoms with Crippen molar-refractivity contribution in [2.45, 2.75) is 136 Å². The number of alkyl halides is 2. The molecule has 3 aliphatic heterocycles. The normalized spacial score (nSPS) is 50.2. The average molecular weight is 633 g/mol. The van der Waals surface area contributed by atoms with E-state index >= 15 is 0 Å². The molecule has 0 aromatic rings. The largest absolute Gasteiger partial charge is 0.394 e. The quantitative estimate of drug-likeness (QED) is 0.107. The van der Waals surface area contributed by atoms with E-state index in [4.69, 9.17) is 62.8 Å². The third-order valence-electron chi connectivity index (χ3n) is 8.55. The number of nitrogens with two attached hydrogens (primary N) is 6. The van der Waals surface area contributed by atoms with Crippen LogP contribution in [0.15, 0.2) is 0 Å². The van der Waals surface area contributed by atoms with Crippen LogP contribution in [0.1, 0.15) is 19.3 Å². The maximum Gasteiger partial charge on any atom is 0.256 e. The van der Waals surface area contributed by atoms with Crippen molar-refractivity contribution in [2.75, 3.05) is 13.2 Å². The Balaban J connectivity index is 1.48. The van der Waals surface area contributed by atoms with Crippen molar-refractivity contribution in [1.82, 2.24) is 0 Å². The van der Waals surface area contributed by atoms with E-state index < -0.39 is 123 Å². The summed E-state index contributed by atoms with van der Waals surface area (Å²) in [7, 11) is 0. The highest BCUT2D eigenvalue weighted by molar-refractivity contribution is 5.01. The third kappa shape index (κ3) is 7.44. The lowest BCUT2D eigenvalue weighted by Crippen LogP contribution is -2.66. The van der Waals surface area contributed by atoms with Gasteiger partial charge < -0.3 is 88.4 Å². The summed E-state index contributed by atoms with van der Waals surface area (Å²) in [5.41, 5.74) is 35.7. The molecule has 0 spiro atoms. The maximum absolute atomic E-state index is 13.2. The maximum atomic E-state index is 13.2. The van der Waals surface area contributed by atoms with Gasteiger partial charge in [-0.2, -0.15) is 0 Å². The zero-order valence-corrected chi connectivity index (χ0v) is 23.4. The van der Waals surface area contributed by atoms with Gasteiger partial charge in [0.05, 0.1) is 36.9 Å². The van der Waals surface area contributed by atoms with Crippen LogP contribution in [0.5, 0.6) is 0 Å². The van der Waals surface area contributed by atoms with Crippen molar-refractivity contribution in [3.8, 4) is 0 Å². The van der Waals surface area contributed by atoms with Gasteiger partial charge in [-0.3, -0.25) is 0 Å². The van der Waals surface area contributed by atoms with Crippen LogP contribution in [-0.4, -0.2) is 155 Å². The predicted octanol–water partition coefficient (Wildman–Crippen LogP) is -6.20. The molecule has 18 unspecified atom stereocenters. The molecule has 17 N–H and O–H groups in total. The fraction of sp³-hybridized carbons (Fsp3) is 1.00. The van der Waals surface area contributed by atoms with Crippen molar-refractivity contribution in [1.29, 1.82) is 0 Å². The van der Waals surface area contributed by atoms with E-state index in [1.54, 1.807) is 0 Å². The summed E-state index contributed by atoms with van der Waals surface area (Å²) in [5.74, 6) is 0. The molecule has 4 fully saturated rings. The van der Waals surface area contributed by atoms with E-state index in [1.165, 1.54) is 0 Å². The van der Waals surface area contributed by atoms with Crippen LogP contribution in [0.4, 0.5) is 8.78 Å². The Morgan fingerprint density at radius 3 is 1.95 bits per heavy atom. The first-order chi connectivity index (χ1) is 20.3. The molecule has 4 aliphatic rings. The molecule has 3 heterocycles. The van der Waals surface area contributed by atoms with Crippen molar-refractivity contribution in [3.05, 3.63) is 0 Å². The van der Waals surface area contributed by atoms with Crippen LogP contribution < -0.4 is 34.4 Å². The lowest BCUT2D eigenvalue weighted by molar-refractivity contribution is -0.291. The molecule has 19 heteroatoms. The van der Waals surface area contributed by atoms with Gasteiger partial charge in [0.2, 0.25) is 0 Å². The standard InChI is InChI=1S/C24H46F2N6O11/c25-21(26)12(31)9-2-1-6(28)22(38-9)41-18-8(30)3-7(29)14(34)20(18)43-24-17(37)19(11(5-33)40-24)42-23-13(32)16(36)15(35)10(4-27)39-23/h6-24,33-37H,1-5,27-32H2. The van der Waals surface area contributed by atoms with E-state index in [9.17, 15) is 34.3 Å². The summed E-state index contributed by atoms with van der Waals surface area (Å²) in [4.78, 5) is 0. The number of halogens is 2. The highest BCUT2D eigenvalue weighted by Crippen LogP contribution is 2.34. The molecule has 1 saturated carbocycles. The number of hydrogen-bond donors (Lipinski definition) is 11. The minimum absolute atomic E-state index is 0.0834. The summed E-state index contributed by atoms with van der Waals surface area (Å²) in [5, 5.41) is 52.5. The van der Waals surface area contributed by atoms with Crippen molar-refractivity contribution < 1.29 is 62.7 Å². The number of aliphatic hydroxyl groups excluding tert-OH is 5. The minimum Gasteiger partial charge on any atom is -0.394 e. The first-order valence-electron chi connectivity index (χ1n) is 14.3. The Hall–Kier alpha value is -0.820. The Bertz CT molecular complexity index is 892. The molecule has 3 saturated heterocycles. The van der Waals surface area contributed by atoms with Crippen LogP contribution >= 0.6 is 0 Å². The summed E-state index contributed by atoms with van der Waals surface area (Å²) >= 11 is 0. The van der Waals surface area contributed by atoms with Gasteiger partial charge in [0.1, 0.15) is 48.8 Å². The molecule has 4 rings (SSSR count). The average Bonchev–Trinajstić information content (AvgIpc) is 3.27. The van der Waals surface area contributed by atoms with Crippen molar-refractivity contribution >= 4 is 0 Å². The highest BCUT2D eigenvalue weighted by Gasteiger charge is 2.53. The lowest BCUT2D eigenvalue weighted by atomic mass is 9.84. The van der Waals surface area contributed by atoms with Crippen LogP contribution in [0, 0.1) is 0 Å². The smallest absolute Gasteiger partial charge is 0.256 e. The molecule has 0 aromatic carbocycles. The van der Waals surface area contributed by atoms with E-state index in [0.717, 1.165) is 0 Å². The van der Waals surface area contributed by atoms with Gasteiger partial charge in [-0.25, -0.2) is 8.78 Å². The van der Waals surface area contributed by atoms with Crippen molar-refractivity contribution in [3.63, 3.8) is 0 Å². The molecule has 1 aliphatic carbocycles. The van der Waals surface area contributed by atoms with Crippen LogP contribution in [0.2, 0.25) is 0 Å². The van der Waals surface area contributed by atoms with E-state index in [2.05, 4.69) is 0 Å². The lowest BCUT2D eigenvalue weighted by Gasteiger charge is -2.46. The second-order valence-corrected chi connectivity index (χ2v) is 11.6. The van der Waals surface area contributed by atoms with Gasteiger partial charge in [0, 0.05) is 18.6 Å². The van der Waals surface area contributed by atoms with Gasteiger partial charge >= 0.3 is 0 Å². The monoisotopic (exact) mass is 632 g/mol. The van der Waals surface area contributed by atoms with Gasteiger partial charge in [0.15, 0.2) is 18.9 Å². The molecular formula is C24H46F2N6O11. The highest BCUT2D eigenvalue weighted by atomic mass is 19.3. The Kier molecular flexibility index (Phi) is 12.0. The zero-order valence-electron chi connectivity index (χ0n) is 23.4. The molecule has 0 aromatic heterocycles. The van der Waals surface area contributed by atoms with E-state index in [-0.39, 0.29) is 25.8 Å². The summed E-state index contributed by atoms with van der Waals surface area (Å²) in [6.45, 7) is -0.827. The summed E-state index contributed by atoms with van der Waals surface area (Å²) < 4.78 is 61.2. The molecule has 18 atom stereocenters. The van der Waals surface area contributed by atoms with Crippen LogP contribution in [-0.2, 0) is 28.4 Å². The number of hydrogen-bond acceptors (Lipinski definition) is 17. The Morgan fingerprint density at radius 1 is 0.698 bits per heavy atom. The molecule has 252 valence electrons. The fourth-order valence-corrected chi connectivity index (χ4v) is 5.89. The van der Waals surface area contributed by atoms with Crippen molar-refractivity contribution in [2.24, 2.45) is 34.4 Å². The predicted molar refractivity (Wildman–Crippen MR) is 141 cm³/mol.